The summed E-state index contributed by atoms with van der Waals surface area (Å²) in [6, 6.07) is 0. The predicted molar refractivity (Wildman–Crippen MR) is 59.4 cm³/mol. The molecule has 1 aromatic rings. The van der Waals surface area contributed by atoms with Gasteiger partial charge in [0.25, 0.3) is 0 Å². The van der Waals surface area contributed by atoms with Gasteiger partial charge in [-0.25, -0.2) is 0 Å². The monoisotopic (exact) mass is 206 g/mol. The SMILES string of the molecule is CC1C=CC(O)(Cc2cnn(C)c2)CC1. The molecule has 2 atom stereocenters. The Labute approximate surface area is 90.4 Å². The first-order valence-electron chi connectivity index (χ1n) is 5.47. The lowest BCUT2D eigenvalue weighted by atomic mass is 9.82. The molecule has 0 saturated carbocycles. The molecule has 0 amide bonds. The summed E-state index contributed by atoms with van der Waals surface area (Å²) >= 11 is 0. The van der Waals surface area contributed by atoms with Crippen LogP contribution < -0.4 is 0 Å². The average Bonchev–Trinajstić information content (AvgIpc) is 2.57. The summed E-state index contributed by atoms with van der Waals surface area (Å²) in [5, 5.41) is 14.4. The lowest BCUT2D eigenvalue weighted by molar-refractivity contribution is 0.0700. The van der Waals surface area contributed by atoms with E-state index in [4.69, 9.17) is 0 Å². The fourth-order valence-electron chi connectivity index (χ4n) is 2.06. The third-order valence-corrected chi connectivity index (χ3v) is 3.04. The summed E-state index contributed by atoms with van der Waals surface area (Å²) in [5.74, 6) is 0.596. The Kier molecular flexibility index (Phi) is 2.65. The van der Waals surface area contributed by atoms with E-state index in [-0.39, 0.29) is 0 Å². The molecular formula is C12H18N2O. The highest BCUT2D eigenvalue weighted by Crippen LogP contribution is 2.28. The summed E-state index contributed by atoms with van der Waals surface area (Å²) in [6.45, 7) is 2.18. The van der Waals surface area contributed by atoms with Crippen LogP contribution in [0.3, 0.4) is 0 Å². The number of aliphatic hydroxyl groups is 1. The summed E-state index contributed by atoms with van der Waals surface area (Å²) < 4.78 is 1.77. The lowest BCUT2D eigenvalue weighted by Gasteiger charge is -2.29. The van der Waals surface area contributed by atoms with Gasteiger partial charge in [-0.05, 0) is 24.3 Å². The molecule has 2 rings (SSSR count). The largest absolute Gasteiger partial charge is 0.385 e. The second-order valence-corrected chi connectivity index (χ2v) is 4.68. The average molecular weight is 206 g/mol. The molecule has 0 aromatic carbocycles. The van der Waals surface area contributed by atoms with Crippen LogP contribution in [0, 0.1) is 5.92 Å². The molecule has 3 nitrogen and oxygen atoms in total. The van der Waals surface area contributed by atoms with Crippen LogP contribution in [0.5, 0.6) is 0 Å². The van der Waals surface area contributed by atoms with Crippen molar-refractivity contribution in [2.45, 2.75) is 31.8 Å². The van der Waals surface area contributed by atoms with Crippen molar-refractivity contribution in [2.24, 2.45) is 13.0 Å². The molecule has 2 unspecified atom stereocenters. The third-order valence-electron chi connectivity index (χ3n) is 3.04. The van der Waals surface area contributed by atoms with Crippen LogP contribution in [-0.2, 0) is 13.5 Å². The molecule has 0 fully saturated rings. The van der Waals surface area contributed by atoms with Crippen LogP contribution in [0.15, 0.2) is 24.5 Å². The summed E-state index contributed by atoms with van der Waals surface area (Å²) in [5.41, 5.74) is 0.439. The van der Waals surface area contributed by atoms with E-state index >= 15 is 0 Å². The topological polar surface area (TPSA) is 38.1 Å². The second-order valence-electron chi connectivity index (χ2n) is 4.68. The van der Waals surface area contributed by atoms with Crippen molar-refractivity contribution in [3.8, 4) is 0 Å². The lowest BCUT2D eigenvalue weighted by Crippen LogP contribution is -2.31. The number of allylic oxidation sites excluding steroid dienone is 1. The van der Waals surface area contributed by atoms with Gasteiger partial charge in [-0.1, -0.05) is 19.1 Å². The third kappa shape index (κ3) is 2.48. The zero-order chi connectivity index (χ0) is 10.9. The van der Waals surface area contributed by atoms with Gasteiger partial charge in [-0.2, -0.15) is 5.10 Å². The van der Waals surface area contributed by atoms with Crippen molar-refractivity contribution in [1.82, 2.24) is 9.78 Å². The van der Waals surface area contributed by atoms with Gasteiger partial charge < -0.3 is 5.11 Å². The minimum atomic E-state index is -0.657. The minimum Gasteiger partial charge on any atom is -0.385 e. The van der Waals surface area contributed by atoms with Crippen LogP contribution in [0.2, 0.25) is 0 Å². The first kappa shape index (κ1) is 10.4. The summed E-state index contributed by atoms with van der Waals surface area (Å²) in [4.78, 5) is 0. The van der Waals surface area contributed by atoms with Crippen LogP contribution in [0.1, 0.15) is 25.3 Å². The van der Waals surface area contributed by atoms with E-state index in [0.29, 0.717) is 12.3 Å². The molecule has 3 heteroatoms. The normalized spacial score (nSPS) is 30.7. The van der Waals surface area contributed by atoms with E-state index in [0.717, 1.165) is 18.4 Å². The zero-order valence-electron chi connectivity index (χ0n) is 9.35. The van der Waals surface area contributed by atoms with E-state index in [1.165, 1.54) is 0 Å². The van der Waals surface area contributed by atoms with Gasteiger partial charge in [0, 0.05) is 19.7 Å². The molecule has 0 spiro atoms. The fraction of sp³-hybridized carbons (Fsp3) is 0.583. The fourth-order valence-corrected chi connectivity index (χ4v) is 2.06. The Balaban J connectivity index is 2.08. The Morgan fingerprint density at radius 1 is 1.67 bits per heavy atom. The highest BCUT2D eigenvalue weighted by molar-refractivity contribution is 5.16. The summed E-state index contributed by atoms with van der Waals surface area (Å²) in [7, 11) is 1.90. The standard InChI is InChI=1S/C12H18N2O/c1-10-3-5-12(15,6-4-10)7-11-8-13-14(2)9-11/h3,5,8-10,15H,4,6-7H2,1-2H3. The van der Waals surface area contributed by atoms with Gasteiger partial charge in [0.05, 0.1) is 11.8 Å². The Morgan fingerprint density at radius 3 is 3.00 bits per heavy atom. The van der Waals surface area contributed by atoms with Gasteiger partial charge in [-0.3, -0.25) is 4.68 Å². The van der Waals surface area contributed by atoms with Crippen molar-refractivity contribution >= 4 is 0 Å². The van der Waals surface area contributed by atoms with E-state index in [1.807, 2.05) is 25.5 Å². The van der Waals surface area contributed by atoms with E-state index < -0.39 is 5.60 Å². The smallest absolute Gasteiger partial charge is 0.0869 e. The van der Waals surface area contributed by atoms with Crippen molar-refractivity contribution in [3.05, 3.63) is 30.1 Å². The second kappa shape index (κ2) is 3.81. The molecule has 0 bridgehead atoms. The molecular weight excluding hydrogens is 188 g/mol. The Bertz CT molecular complexity index is 369. The van der Waals surface area contributed by atoms with Gasteiger partial charge in [0.1, 0.15) is 0 Å². The molecule has 0 saturated heterocycles. The summed E-state index contributed by atoms with van der Waals surface area (Å²) in [6.07, 6.45) is 10.4. The number of rotatable bonds is 2. The predicted octanol–water partition coefficient (Wildman–Crippen LogP) is 1.68. The molecule has 0 radical (unpaired) electrons. The van der Waals surface area contributed by atoms with Gasteiger partial charge >= 0.3 is 0 Å². The number of nitrogens with zero attached hydrogens (tertiary/aromatic N) is 2. The van der Waals surface area contributed by atoms with Gasteiger partial charge in [-0.15, -0.1) is 0 Å². The maximum absolute atomic E-state index is 10.3. The van der Waals surface area contributed by atoms with Crippen LogP contribution in [-0.4, -0.2) is 20.5 Å². The highest BCUT2D eigenvalue weighted by atomic mass is 16.3. The molecule has 1 aliphatic rings. The molecule has 82 valence electrons. The van der Waals surface area contributed by atoms with Gasteiger partial charge in [0.2, 0.25) is 0 Å². The number of aryl methyl sites for hydroxylation is 1. The van der Waals surface area contributed by atoms with Crippen LogP contribution in [0.4, 0.5) is 0 Å². The first-order chi connectivity index (χ1) is 7.07. The van der Waals surface area contributed by atoms with Crippen molar-refractivity contribution in [1.29, 1.82) is 0 Å². The van der Waals surface area contributed by atoms with Crippen LogP contribution in [0.25, 0.3) is 0 Å². The van der Waals surface area contributed by atoms with Crippen molar-refractivity contribution < 1.29 is 5.11 Å². The molecule has 1 aromatic heterocycles. The highest BCUT2D eigenvalue weighted by Gasteiger charge is 2.27. The number of aromatic nitrogens is 2. The van der Waals surface area contributed by atoms with Crippen LogP contribution >= 0.6 is 0 Å². The van der Waals surface area contributed by atoms with Crippen molar-refractivity contribution in [3.63, 3.8) is 0 Å². The van der Waals surface area contributed by atoms with Gasteiger partial charge in [0.15, 0.2) is 0 Å². The van der Waals surface area contributed by atoms with E-state index in [2.05, 4.69) is 18.1 Å². The molecule has 1 N–H and O–H groups in total. The van der Waals surface area contributed by atoms with E-state index in [9.17, 15) is 5.11 Å². The molecule has 1 heterocycles. The zero-order valence-corrected chi connectivity index (χ0v) is 9.35. The minimum absolute atomic E-state index is 0.596. The number of hydrogen-bond acceptors (Lipinski definition) is 2. The molecule has 1 aliphatic carbocycles. The Hall–Kier alpha value is -1.09. The number of hydrogen-bond donors (Lipinski definition) is 1. The maximum Gasteiger partial charge on any atom is 0.0869 e. The van der Waals surface area contributed by atoms with Crippen molar-refractivity contribution in [2.75, 3.05) is 0 Å². The van der Waals surface area contributed by atoms with E-state index in [1.54, 1.807) is 4.68 Å². The maximum atomic E-state index is 10.3. The molecule has 0 aliphatic heterocycles. The first-order valence-corrected chi connectivity index (χ1v) is 5.47. The molecule has 15 heavy (non-hydrogen) atoms. The quantitative estimate of drug-likeness (QED) is 0.748. The Morgan fingerprint density at radius 2 is 2.47 bits per heavy atom.